The third kappa shape index (κ3) is 5.70. The van der Waals surface area contributed by atoms with Crippen LogP contribution in [-0.2, 0) is 11.3 Å². The number of benzene rings is 1. The number of carbonyl (C=O) groups is 1. The van der Waals surface area contributed by atoms with Crippen molar-refractivity contribution in [2.75, 3.05) is 18.4 Å². The first-order chi connectivity index (χ1) is 13.1. The molecule has 152 valence electrons. The number of hydrogen-bond donors (Lipinski definition) is 3. The van der Waals surface area contributed by atoms with Crippen LogP contribution < -0.4 is 16.0 Å². The normalized spacial score (nSPS) is 16.2. The van der Waals surface area contributed by atoms with E-state index in [1.54, 1.807) is 0 Å². The number of nitrogens with zero attached hydrogens (tertiary/aromatic N) is 2. The largest absolute Gasteiger partial charge is 0.359 e. The number of amides is 1. The van der Waals surface area contributed by atoms with Gasteiger partial charge in [-0.15, -0.1) is 24.0 Å². The molecule has 3 N–H and O–H groups in total. The highest BCUT2D eigenvalue weighted by atomic mass is 127. The van der Waals surface area contributed by atoms with Crippen molar-refractivity contribution in [1.29, 1.82) is 0 Å². The molecule has 1 atom stereocenters. The lowest BCUT2D eigenvalue weighted by atomic mass is 9.90. The summed E-state index contributed by atoms with van der Waals surface area (Å²) in [4.78, 5) is 16.5. The predicted molar refractivity (Wildman–Crippen MR) is 121 cm³/mol. The van der Waals surface area contributed by atoms with E-state index in [9.17, 15) is 4.79 Å². The van der Waals surface area contributed by atoms with Crippen molar-refractivity contribution in [2.24, 2.45) is 4.99 Å². The van der Waals surface area contributed by atoms with Crippen molar-refractivity contribution < 1.29 is 9.32 Å². The first-order valence-corrected chi connectivity index (χ1v) is 9.43. The van der Waals surface area contributed by atoms with Crippen LogP contribution in [0.15, 0.2) is 39.8 Å². The van der Waals surface area contributed by atoms with Gasteiger partial charge in [0.2, 0.25) is 5.91 Å². The first-order valence-electron chi connectivity index (χ1n) is 9.43. The number of halogens is 1. The standard InChI is InChI=1S/C20H27N5O2.HI/c1-4-21-20(23-12-15-10-18(13(2)3)25-27-15)22-11-14-9-19(26)24-17-8-6-5-7-16(14)17;/h5-8,10,13-14H,4,9,11-12H2,1-3H3,(H,24,26)(H2,21,22,23);1H. The van der Waals surface area contributed by atoms with Gasteiger partial charge in [-0.05, 0) is 24.5 Å². The summed E-state index contributed by atoms with van der Waals surface area (Å²) in [7, 11) is 0. The maximum absolute atomic E-state index is 12.0. The Morgan fingerprint density at radius 2 is 2.14 bits per heavy atom. The zero-order chi connectivity index (χ0) is 19.2. The van der Waals surface area contributed by atoms with E-state index >= 15 is 0 Å². The number of para-hydroxylation sites is 1. The average Bonchev–Trinajstić information content (AvgIpc) is 3.13. The molecule has 1 aromatic carbocycles. The Hall–Kier alpha value is -2.10. The van der Waals surface area contributed by atoms with E-state index in [0.717, 1.165) is 29.2 Å². The van der Waals surface area contributed by atoms with Crippen LogP contribution in [0.5, 0.6) is 0 Å². The van der Waals surface area contributed by atoms with E-state index in [-0.39, 0.29) is 35.8 Å². The van der Waals surface area contributed by atoms with E-state index in [2.05, 4.69) is 46.0 Å². The number of nitrogens with one attached hydrogen (secondary N) is 3. The minimum absolute atomic E-state index is 0. The molecule has 0 radical (unpaired) electrons. The fourth-order valence-electron chi connectivity index (χ4n) is 3.08. The molecular formula is C20H28IN5O2. The highest BCUT2D eigenvalue weighted by Gasteiger charge is 2.24. The van der Waals surface area contributed by atoms with E-state index in [1.807, 2.05) is 31.2 Å². The number of anilines is 1. The van der Waals surface area contributed by atoms with Gasteiger partial charge in [0, 0.05) is 37.2 Å². The van der Waals surface area contributed by atoms with Gasteiger partial charge >= 0.3 is 0 Å². The number of rotatable bonds is 6. The third-order valence-electron chi connectivity index (χ3n) is 4.53. The van der Waals surface area contributed by atoms with Gasteiger partial charge in [0.1, 0.15) is 6.54 Å². The van der Waals surface area contributed by atoms with E-state index in [1.165, 1.54) is 0 Å². The van der Waals surface area contributed by atoms with Crippen LogP contribution in [0, 0.1) is 0 Å². The molecule has 7 nitrogen and oxygen atoms in total. The Morgan fingerprint density at radius 1 is 1.36 bits per heavy atom. The lowest BCUT2D eigenvalue weighted by molar-refractivity contribution is -0.116. The maximum Gasteiger partial charge on any atom is 0.225 e. The van der Waals surface area contributed by atoms with Crippen molar-refractivity contribution in [3.05, 3.63) is 47.3 Å². The molecule has 0 spiro atoms. The minimum atomic E-state index is 0. The number of guanidine groups is 1. The van der Waals surface area contributed by atoms with Gasteiger partial charge in [-0.3, -0.25) is 4.79 Å². The third-order valence-corrected chi connectivity index (χ3v) is 4.53. The van der Waals surface area contributed by atoms with Crippen LogP contribution in [-0.4, -0.2) is 30.1 Å². The summed E-state index contributed by atoms with van der Waals surface area (Å²) in [6.45, 7) is 7.97. The first kappa shape index (κ1) is 22.2. The van der Waals surface area contributed by atoms with Crippen LogP contribution >= 0.6 is 24.0 Å². The summed E-state index contributed by atoms with van der Waals surface area (Å²) >= 11 is 0. The number of aliphatic imine (C=N–C) groups is 1. The summed E-state index contributed by atoms with van der Waals surface area (Å²) in [5, 5.41) is 13.6. The summed E-state index contributed by atoms with van der Waals surface area (Å²) in [5.41, 5.74) is 2.98. The molecule has 28 heavy (non-hydrogen) atoms. The molecule has 8 heteroatoms. The molecule has 0 saturated heterocycles. The Morgan fingerprint density at radius 3 is 2.86 bits per heavy atom. The monoisotopic (exact) mass is 497 g/mol. The van der Waals surface area contributed by atoms with Gasteiger partial charge in [-0.25, -0.2) is 4.99 Å². The number of aromatic nitrogens is 1. The van der Waals surface area contributed by atoms with Crippen molar-refractivity contribution in [3.63, 3.8) is 0 Å². The summed E-state index contributed by atoms with van der Waals surface area (Å²) in [6, 6.07) is 9.88. The summed E-state index contributed by atoms with van der Waals surface area (Å²) in [6.07, 6.45) is 0.462. The zero-order valence-electron chi connectivity index (χ0n) is 16.5. The Bertz CT molecular complexity index is 818. The molecule has 0 aliphatic carbocycles. The fraction of sp³-hybridized carbons (Fsp3) is 0.450. The van der Waals surface area contributed by atoms with E-state index in [0.29, 0.717) is 31.4 Å². The zero-order valence-corrected chi connectivity index (χ0v) is 18.8. The maximum atomic E-state index is 12.0. The van der Waals surface area contributed by atoms with Crippen LogP contribution in [0.4, 0.5) is 5.69 Å². The second kappa shape index (κ2) is 10.4. The van der Waals surface area contributed by atoms with Gasteiger partial charge in [-0.1, -0.05) is 37.2 Å². The van der Waals surface area contributed by atoms with Crippen LogP contribution in [0.3, 0.4) is 0 Å². The summed E-state index contributed by atoms with van der Waals surface area (Å²) < 4.78 is 5.34. The van der Waals surface area contributed by atoms with Crippen molar-refractivity contribution in [3.8, 4) is 0 Å². The molecule has 2 aromatic rings. The van der Waals surface area contributed by atoms with Crippen LogP contribution in [0.25, 0.3) is 0 Å². The molecule has 0 saturated carbocycles. The fourth-order valence-corrected chi connectivity index (χ4v) is 3.08. The number of carbonyl (C=O) groups excluding carboxylic acids is 1. The highest BCUT2D eigenvalue weighted by Crippen LogP contribution is 2.31. The Labute approximate surface area is 182 Å². The smallest absolute Gasteiger partial charge is 0.225 e. The van der Waals surface area contributed by atoms with Gasteiger partial charge in [0.05, 0.1) is 5.69 Å². The van der Waals surface area contributed by atoms with Gasteiger partial charge in [0.25, 0.3) is 0 Å². The molecule has 0 bridgehead atoms. The number of fused-ring (bicyclic) bond motifs is 1. The van der Waals surface area contributed by atoms with Crippen LogP contribution in [0.1, 0.15) is 56.0 Å². The van der Waals surface area contributed by atoms with Gasteiger partial charge < -0.3 is 20.5 Å². The molecule has 2 heterocycles. The number of hydrogen-bond acceptors (Lipinski definition) is 4. The second-order valence-corrected chi connectivity index (χ2v) is 6.99. The minimum Gasteiger partial charge on any atom is -0.359 e. The van der Waals surface area contributed by atoms with Gasteiger partial charge in [-0.2, -0.15) is 0 Å². The molecule has 3 rings (SSSR count). The lowest BCUT2D eigenvalue weighted by Crippen LogP contribution is -2.40. The molecule has 1 aliphatic heterocycles. The highest BCUT2D eigenvalue weighted by molar-refractivity contribution is 14.0. The van der Waals surface area contributed by atoms with Crippen LogP contribution in [0.2, 0.25) is 0 Å². The Balaban J connectivity index is 0.00000280. The molecular weight excluding hydrogens is 469 g/mol. The molecule has 0 fully saturated rings. The molecule has 1 aliphatic rings. The van der Waals surface area contributed by atoms with E-state index in [4.69, 9.17) is 4.52 Å². The lowest BCUT2D eigenvalue weighted by Gasteiger charge is -2.26. The van der Waals surface area contributed by atoms with Crippen molar-refractivity contribution >= 4 is 41.5 Å². The van der Waals surface area contributed by atoms with Crippen molar-refractivity contribution in [2.45, 2.75) is 45.6 Å². The predicted octanol–water partition coefficient (Wildman–Crippen LogP) is 3.60. The SMILES string of the molecule is CCNC(=NCc1cc(C(C)C)no1)NCC1CC(=O)Nc2ccccc21.I. The second-order valence-electron chi connectivity index (χ2n) is 6.99. The van der Waals surface area contributed by atoms with Crippen molar-refractivity contribution in [1.82, 2.24) is 15.8 Å². The average molecular weight is 497 g/mol. The van der Waals surface area contributed by atoms with E-state index < -0.39 is 0 Å². The molecule has 1 unspecified atom stereocenters. The summed E-state index contributed by atoms with van der Waals surface area (Å²) in [5.74, 6) is 1.92. The molecule has 1 aromatic heterocycles. The van der Waals surface area contributed by atoms with Gasteiger partial charge in [0.15, 0.2) is 11.7 Å². The quantitative estimate of drug-likeness (QED) is 0.323. The molecule has 1 amide bonds. The topological polar surface area (TPSA) is 91.6 Å². The Kier molecular flexibility index (Phi) is 8.28.